The molecule has 1 aromatic rings. The third kappa shape index (κ3) is 3.92. The third-order valence-electron chi connectivity index (χ3n) is 2.58. The van der Waals surface area contributed by atoms with Crippen LogP contribution in [0.25, 0.3) is 0 Å². The summed E-state index contributed by atoms with van der Waals surface area (Å²) in [6.45, 7) is 1.11. The van der Waals surface area contributed by atoms with Crippen molar-refractivity contribution in [2.75, 3.05) is 39.5 Å². The zero-order valence-corrected chi connectivity index (χ0v) is 11.3. The molecule has 7 heteroatoms. The van der Waals surface area contributed by atoms with E-state index in [-0.39, 0.29) is 11.3 Å². The van der Waals surface area contributed by atoms with Crippen molar-refractivity contribution in [3.63, 3.8) is 0 Å². The molecule has 1 rings (SSSR count). The van der Waals surface area contributed by atoms with Gasteiger partial charge in [-0.3, -0.25) is 14.9 Å². The van der Waals surface area contributed by atoms with Crippen LogP contribution >= 0.6 is 0 Å². The van der Waals surface area contributed by atoms with Gasteiger partial charge >= 0.3 is 5.69 Å². The van der Waals surface area contributed by atoms with E-state index in [1.807, 2.05) is 19.0 Å². The normalized spacial score (nSPS) is 10.3. The van der Waals surface area contributed by atoms with Crippen LogP contribution in [-0.4, -0.2) is 50.0 Å². The second-order valence-corrected chi connectivity index (χ2v) is 4.27. The molecule has 1 aromatic carbocycles. The van der Waals surface area contributed by atoms with Gasteiger partial charge in [0.2, 0.25) is 0 Å². The van der Waals surface area contributed by atoms with E-state index in [2.05, 4.69) is 10.6 Å². The van der Waals surface area contributed by atoms with E-state index in [1.54, 1.807) is 19.2 Å². The van der Waals surface area contributed by atoms with E-state index in [0.717, 1.165) is 0 Å². The first-order valence-corrected chi connectivity index (χ1v) is 5.85. The van der Waals surface area contributed by atoms with E-state index in [1.165, 1.54) is 6.07 Å². The van der Waals surface area contributed by atoms with Crippen LogP contribution < -0.4 is 10.6 Å². The summed E-state index contributed by atoms with van der Waals surface area (Å²) in [4.78, 5) is 24.4. The van der Waals surface area contributed by atoms with E-state index < -0.39 is 10.8 Å². The third-order valence-corrected chi connectivity index (χ3v) is 2.58. The molecule has 0 aliphatic heterocycles. The smallest absolute Gasteiger partial charge is 0.305 e. The number of benzene rings is 1. The zero-order chi connectivity index (χ0) is 14.4. The molecule has 0 saturated carbocycles. The van der Waals surface area contributed by atoms with E-state index in [4.69, 9.17) is 0 Å². The van der Waals surface area contributed by atoms with E-state index in [9.17, 15) is 14.9 Å². The fourth-order valence-electron chi connectivity index (χ4n) is 1.61. The van der Waals surface area contributed by atoms with E-state index in [0.29, 0.717) is 18.8 Å². The Hall–Kier alpha value is -2.15. The summed E-state index contributed by atoms with van der Waals surface area (Å²) in [7, 11) is 5.35. The summed E-state index contributed by atoms with van der Waals surface area (Å²) >= 11 is 0. The van der Waals surface area contributed by atoms with Crippen molar-refractivity contribution in [2.45, 2.75) is 0 Å². The fraction of sp³-hybridized carbons (Fsp3) is 0.417. The maximum atomic E-state index is 12.0. The van der Waals surface area contributed by atoms with E-state index >= 15 is 0 Å². The monoisotopic (exact) mass is 266 g/mol. The number of amides is 1. The second-order valence-electron chi connectivity index (χ2n) is 4.27. The average Bonchev–Trinajstić information content (AvgIpc) is 2.36. The van der Waals surface area contributed by atoms with Crippen LogP contribution in [0.15, 0.2) is 18.2 Å². The molecule has 0 aliphatic rings. The van der Waals surface area contributed by atoms with Gasteiger partial charge in [0.25, 0.3) is 5.91 Å². The number of nitro groups is 1. The maximum Gasteiger partial charge on any atom is 0.305 e. The topological polar surface area (TPSA) is 87.5 Å². The van der Waals surface area contributed by atoms with Crippen LogP contribution in [0, 0.1) is 10.1 Å². The lowest BCUT2D eigenvalue weighted by Gasteiger charge is -2.11. The molecule has 0 heterocycles. The lowest BCUT2D eigenvalue weighted by atomic mass is 10.1. The molecule has 2 N–H and O–H groups in total. The second kappa shape index (κ2) is 6.69. The van der Waals surface area contributed by atoms with Gasteiger partial charge in [-0.1, -0.05) is 6.07 Å². The van der Waals surface area contributed by atoms with Gasteiger partial charge in [-0.05, 0) is 26.2 Å². The first-order valence-electron chi connectivity index (χ1n) is 5.85. The summed E-state index contributed by atoms with van der Waals surface area (Å²) in [6, 6.07) is 4.62. The molecule has 0 radical (unpaired) electrons. The number of nitrogens with zero attached hydrogens (tertiary/aromatic N) is 2. The molecule has 19 heavy (non-hydrogen) atoms. The number of hydrogen-bond acceptors (Lipinski definition) is 5. The summed E-state index contributed by atoms with van der Waals surface area (Å²) in [5.41, 5.74) is 0.188. The Morgan fingerprint density at radius 1 is 1.42 bits per heavy atom. The summed E-state index contributed by atoms with van der Waals surface area (Å²) in [5.74, 6) is -0.439. The first-order chi connectivity index (χ1) is 8.97. The van der Waals surface area contributed by atoms with Gasteiger partial charge in [0, 0.05) is 20.1 Å². The zero-order valence-electron chi connectivity index (χ0n) is 11.3. The largest absolute Gasteiger partial charge is 0.383 e. The van der Waals surface area contributed by atoms with Crippen molar-refractivity contribution < 1.29 is 9.72 Å². The molecular formula is C12H18N4O3. The molecule has 0 aromatic heterocycles. The van der Waals surface area contributed by atoms with Gasteiger partial charge < -0.3 is 15.5 Å². The standard InChI is InChI=1S/C12H18N4O3/c1-13-10-6-4-5-9(11(10)16(18)19)12(17)14-7-8-15(2)3/h4-6,13H,7-8H2,1-3H3,(H,14,17). The van der Waals surface area contributed by atoms with Crippen LogP contribution in [-0.2, 0) is 0 Å². The average molecular weight is 266 g/mol. The van der Waals surface area contributed by atoms with Gasteiger partial charge in [-0.2, -0.15) is 0 Å². The summed E-state index contributed by atoms with van der Waals surface area (Å²) < 4.78 is 0. The molecule has 7 nitrogen and oxygen atoms in total. The number of carbonyl (C=O) groups excluding carboxylic acids is 1. The predicted molar refractivity (Wildman–Crippen MR) is 73.5 cm³/mol. The fourth-order valence-corrected chi connectivity index (χ4v) is 1.61. The summed E-state index contributed by atoms with van der Waals surface area (Å²) in [6.07, 6.45) is 0. The first kappa shape index (κ1) is 14.9. The highest BCUT2D eigenvalue weighted by molar-refractivity contribution is 6.00. The predicted octanol–water partition coefficient (Wildman–Crippen LogP) is 0.928. The molecule has 1 amide bonds. The van der Waals surface area contributed by atoms with Gasteiger partial charge in [0.15, 0.2) is 0 Å². The minimum atomic E-state index is -0.549. The Morgan fingerprint density at radius 3 is 2.63 bits per heavy atom. The number of rotatable bonds is 6. The van der Waals surface area contributed by atoms with Crippen LogP contribution in [0.5, 0.6) is 0 Å². The molecular weight excluding hydrogens is 248 g/mol. The van der Waals surface area contributed by atoms with Crippen LogP contribution in [0.1, 0.15) is 10.4 Å². The van der Waals surface area contributed by atoms with Crippen molar-refractivity contribution in [1.29, 1.82) is 0 Å². The van der Waals surface area contributed by atoms with Crippen molar-refractivity contribution in [3.8, 4) is 0 Å². The Bertz CT molecular complexity index is 474. The van der Waals surface area contributed by atoms with Gasteiger partial charge in [0.05, 0.1) is 4.92 Å². The maximum absolute atomic E-state index is 12.0. The number of nitro benzene ring substituents is 1. The minimum absolute atomic E-state index is 0.0654. The number of likely N-dealkylation sites (N-methyl/N-ethyl adjacent to an activating group) is 1. The van der Waals surface area contributed by atoms with Crippen LogP contribution in [0.4, 0.5) is 11.4 Å². The molecule has 0 unspecified atom stereocenters. The van der Waals surface area contributed by atoms with Gasteiger partial charge in [0.1, 0.15) is 11.3 Å². The quantitative estimate of drug-likeness (QED) is 0.590. The van der Waals surface area contributed by atoms with Crippen molar-refractivity contribution in [1.82, 2.24) is 10.2 Å². The van der Waals surface area contributed by atoms with Crippen molar-refractivity contribution in [2.24, 2.45) is 0 Å². The number of para-hydroxylation sites is 1. The molecule has 104 valence electrons. The van der Waals surface area contributed by atoms with Crippen molar-refractivity contribution >= 4 is 17.3 Å². The highest BCUT2D eigenvalue weighted by atomic mass is 16.6. The molecule has 0 spiro atoms. The Kier molecular flexibility index (Phi) is 5.25. The highest BCUT2D eigenvalue weighted by Crippen LogP contribution is 2.27. The lowest BCUT2D eigenvalue weighted by Crippen LogP contribution is -2.31. The van der Waals surface area contributed by atoms with Crippen LogP contribution in [0.2, 0.25) is 0 Å². The van der Waals surface area contributed by atoms with Gasteiger partial charge in [-0.25, -0.2) is 0 Å². The van der Waals surface area contributed by atoms with Crippen LogP contribution in [0.3, 0.4) is 0 Å². The molecule has 0 saturated heterocycles. The molecule has 0 fully saturated rings. The van der Waals surface area contributed by atoms with Crippen molar-refractivity contribution in [3.05, 3.63) is 33.9 Å². The minimum Gasteiger partial charge on any atom is -0.383 e. The summed E-state index contributed by atoms with van der Waals surface area (Å²) in [5, 5.41) is 16.4. The Morgan fingerprint density at radius 2 is 2.11 bits per heavy atom. The van der Waals surface area contributed by atoms with Gasteiger partial charge in [-0.15, -0.1) is 0 Å². The number of hydrogen-bond donors (Lipinski definition) is 2. The number of nitrogens with one attached hydrogen (secondary N) is 2. The molecule has 0 atom stereocenters. The number of carbonyl (C=O) groups is 1. The lowest BCUT2D eigenvalue weighted by molar-refractivity contribution is -0.384. The Balaban J connectivity index is 2.93. The highest BCUT2D eigenvalue weighted by Gasteiger charge is 2.23. The SMILES string of the molecule is CNc1cccc(C(=O)NCCN(C)C)c1[N+](=O)[O-]. The molecule has 0 bridgehead atoms. The number of anilines is 1. The molecule has 0 aliphatic carbocycles. The Labute approximate surface area is 111 Å².